The highest BCUT2D eigenvalue weighted by Gasteiger charge is 2.15. The molecule has 6 nitrogen and oxygen atoms in total. The number of benzene rings is 2. The first-order chi connectivity index (χ1) is 13.6. The lowest BCUT2D eigenvalue weighted by Crippen LogP contribution is -2.30. The summed E-state index contributed by atoms with van der Waals surface area (Å²) in [6, 6.07) is 17.4. The molecule has 0 atom stereocenters. The lowest BCUT2D eigenvalue weighted by atomic mass is 10.2. The van der Waals surface area contributed by atoms with Crippen LogP contribution in [0, 0.1) is 0 Å². The first-order valence-corrected chi connectivity index (χ1v) is 9.71. The van der Waals surface area contributed by atoms with Gasteiger partial charge in [-0.1, -0.05) is 35.9 Å². The number of thiophene rings is 1. The van der Waals surface area contributed by atoms with Crippen molar-refractivity contribution in [1.82, 2.24) is 9.55 Å². The molecule has 140 valence electrons. The van der Waals surface area contributed by atoms with Crippen LogP contribution in [0.25, 0.3) is 10.9 Å². The third-order valence-corrected chi connectivity index (χ3v) is 5.18. The summed E-state index contributed by atoms with van der Waals surface area (Å²) in [7, 11) is 0. The Morgan fingerprint density at radius 3 is 2.71 bits per heavy atom. The van der Waals surface area contributed by atoms with Gasteiger partial charge in [0.1, 0.15) is 5.82 Å². The van der Waals surface area contributed by atoms with E-state index in [0.717, 1.165) is 4.88 Å². The van der Waals surface area contributed by atoms with E-state index in [1.807, 2.05) is 29.6 Å². The summed E-state index contributed by atoms with van der Waals surface area (Å²) < 4.78 is 1.46. The maximum atomic E-state index is 12.6. The fraction of sp³-hybridized carbons (Fsp3) is 0.0500. The first-order valence-electron chi connectivity index (χ1n) is 8.46. The number of nitrogens with zero attached hydrogens (tertiary/aromatic N) is 2. The number of rotatable bonds is 4. The van der Waals surface area contributed by atoms with Crippen molar-refractivity contribution in [2.24, 2.45) is 0 Å². The maximum Gasteiger partial charge on any atom is 0.350 e. The van der Waals surface area contributed by atoms with Crippen molar-refractivity contribution in [3.05, 3.63) is 86.4 Å². The van der Waals surface area contributed by atoms with E-state index >= 15 is 0 Å². The van der Waals surface area contributed by atoms with Gasteiger partial charge in [-0.25, -0.2) is 9.59 Å². The van der Waals surface area contributed by atoms with Crippen LogP contribution in [0.2, 0.25) is 5.02 Å². The monoisotopic (exact) mass is 410 g/mol. The van der Waals surface area contributed by atoms with Crippen LogP contribution < -0.4 is 16.3 Å². The van der Waals surface area contributed by atoms with Crippen molar-refractivity contribution in [2.45, 2.75) is 6.54 Å². The van der Waals surface area contributed by atoms with Crippen molar-refractivity contribution in [3.63, 3.8) is 0 Å². The zero-order valence-electron chi connectivity index (χ0n) is 14.6. The maximum absolute atomic E-state index is 12.6. The SMILES string of the molecule is O=C(Nc1cccc(Cl)c1)Nc1c2ccccc2nc(=O)n1Cc1cccs1. The van der Waals surface area contributed by atoms with E-state index in [1.165, 1.54) is 15.9 Å². The molecule has 0 unspecified atom stereocenters. The van der Waals surface area contributed by atoms with E-state index in [4.69, 9.17) is 11.6 Å². The van der Waals surface area contributed by atoms with Crippen LogP contribution in [0.1, 0.15) is 4.88 Å². The Morgan fingerprint density at radius 1 is 1.07 bits per heavy atom. The summed E-state index contributed by atoms with van der Waals surface area (Å²) in [5.41, 5.74) is 0.647. The molecule has 2 amide bonds. The molecule has 0 saturated carbocycles. The number of hydrogen-bond donors (Lipinski definition) is 2. The third-order valence-electron chi connectivity index (χ3n) is 4.08. The molecule has 0 bridgehead atoms. The Kier molecular flexibility index (Phi) is 5.10. The minimum atomic E-state index is -0.474. The van der Waals surface area contributed by atoms with Crippen LogP contribution in [0.4, 0.5) is 16.3 Å². The fourth-order valence-corrected chi connectivity index (χ4v) is 3.73. The number of aromatic nitrogens is 2. The Balaban J connectivity index is 1.73. The molecular formula is C20H15ClN4O2S. The normalized spacial score (nSPS) is 10.8. The Morgan fingerprint density at radius 2 is 1.93 bits per heavy atom. The van der Waals surface area contributed by atoms with E-state index in [9.17, 15) is 9.59 Å². The number of carbonyl (C=O) groups is 1. The molecule has 8 heteroatoms. The molecule has 0 spiro atoms. The van der Waals surface area contributed by atoms with Gasteiger partial charge in [-0.05, 0) is 41.8 Å². The zero-order chi connectivity index (χ0) is 19.5. The topological polar surface area (TPSA) is 76.0 Å². The van der Waals surface area contributed by atoms with Gasteiger partial charge in [-0.3, -0.25) is 9.88 Å². The summed E-state index contributed by atoms with van der Waals surface area (Å²) in [5, 5.41) is 8.68. The molecule has 2 aromatic heterocycles. The fourth-order valence-electron chi connectivity index (χ4n) is 2.85. The van der Waals surface area contributed by atoms with Crippen LogP contribution in [0.15, 0.2) is 70.8 Å². The Labute approximate surface area is 169 Å². The summed E-state index contributed by atoms with van der Waals surface area (Å²) in [5.74, 6) is 0.392. The molecule has 4 rings (SSSR count). The van der Waals surface area contributed by atoms with Crippen molar-refractivity contribution in [1.29, 1.82) is 0 Å². The van der Waals surface area contributed by atoms with E-state index in [1.54, 1.807) is 36.4 Å². The number of nitrogens with one attached hydrogen (secondary N) is 2. The van der Waals surface area contributed by atoms with Gasteiger partial charge in [0.05, 0.1) is 12.1 Å². The highest BCUT2D eigenvalue weighted by Crippen LogP contribution is 2.22. The summed E-state index contributed by atoms with van der Waals surface area (Å²) in [6.45, 7) is 0.321. The van der Waals surface area contributed by atoms with Gasteiger partial charge in [0.25, 0.3) is 0 Å². The largest absolute Gasteiger partial charge is 0.350 e. The molecule has 0 aliphatic heterocycles. The Bertz CT molecular complexity index is 1200. The number of urea groups is 1. The number of amides is 2. The van der Waals surface area contributed by atoms with Crippen LogP contribution >= 0.6 is 22.9 Å². The van der Waals surface area contributed by atoms with E-state index in [-0.39, 0.29) is 0 Å². The minimum absolute atomic E-state index is 0.321. The summed E-state index contributed by atoms with van der Waals surface area (Å²) in [6.07, 6.45) is 0. The van der Waals surface area contributed by atoms with Gasteiger partial charge in [0.2, 0.25) is 0 Å². The van der Waals surface area contributed by atoms with Crippen molar-refractivity contribution >= 4 is 51.4 Å². The molecule has 2 heterocycles. The standard InChI is InChI=1S/C20H15ClN4O2S/c21-13-5-3-6-14(11-13)22-19(26)24-18-16-8-1-2-9-17(16)23-20(27)25(18)12-15-7-4-10-28-15/h1-11H,12H2,(H2,22,24,26). The second-order valence-corrected chi connectivity index (χ2v) is 7.48. The highest BCUT2D eigenvalue weighted by molar-refractivity contribution is 7.09. The molecular weight excluding hydrogens is 396 g/mol. The quantitative estimate of drug-likeness (QED) is 0.507. The summed E-state index contributed by atoms with van der Waals surface area (Å²) in [4.78, 5) is 30.4. The van der Waals surface area contributed by atoms with Crippen LogP contribution in [-0.2, 0) is 6.54 Å². The van der Waals surface area contributed by atoms with Gasteiger partial charge in [-0.15, -0.1) is 11.3 Å². The molecule has 0 aliphatic rings. The van der Waals surface area contributed by atoms with Gasteiger partial charge in [0, 0.05) is 21.0 Å². The number of anilines is 2. The van der Waals surface area contributed by atoms with E-state index in [2.05, 4.69) is 15.6 Å². The second-order valence-electron chi connectivity index (χ2n) is 6.02. The number of carbonyl (C=O) groups excluding carboxylic acids is 1. The van der Waals surface area contributed by atoms with Gasteiger partial charge in [0.15, 0.2) is 0 Å². The number of halogens is 1. The smallest absolute Gasteiger partial charge is 0.308 e. The molecule has 0 fully saturated rings. The van der Waals surface area contributed by atoms with Crippen LogP contribution in [-0.4, -0.2) is 15.6 Å². The van der Waals surface area contributed by atoms with Crippen LogP contribution in [0.3, 0.4) is 0 Å². The molecule has 0 saturated heterocycles. The predicted molar refractivity (Wildman–Crippen MR) is 114 cm³/mol. The predicted octanol–water partition coefficient (Wildman–Crippen LogP) is 4.80. The number of hydrogen-bond acceptors (Lipinski definition) is 4. The number of fused-ring (bicyclic) bond motifs is 1. The van der Waals surface area contributed by atoms with Crippen molar-refractivity contribution in [3.8, 4) is 0 Å². The second kappa shape index (κ2) is 7.84. The molecule has 0 aliphatic carbocycles. The van der Waals surface area contributed by atoms with Gasteiger partial charge < -0.3 is 5.32 Å². The van der Waals surface area contributed by atoms with Crippen molar-refractivity contribution < 1.29 is 4.79 Å². The third kappa shape index (κ3) is 3.90. The molecule has 0 radical (unpaired) electrons. The minimum Gasteiger partial charge on any atom is -0.308 e. The first kappa shape index (κ1) is 18.2. The average molecular weight is 411 g/mol. The highest BCUT2D eigenvalue weighted by atomic mass is 35.5. The Hall–Kier alpha value is -3.16. The van der Waals surface area contributed by atoms with Gasteiger partial charge >= 0.3 is 11.7 Å². The number of para-hydroxylation sites is 1. The lowest BCUT2D eigenvalue weighted by Gasteiger charge is -2.16. The van der Waals surface area contributed by atoms with E-state index < -0.39 is 11.7 Å². The average Bonchev–Trinajstić information content (AvgIpc) is 3.18. The molecule has 2 N–H and O–H groups in total. The molecule has 4 aromatic rings. The summed E-state index contributed by atoms with van der Waals surface area (Å²) >= 11 is 7.50. The molecule has 2 aromatic carbocycles. The molecule has 28 heavy (non-hydrogen) atoms. The zero-order valence-corrected chi connectivity index (χ0v) is 16.1. The van der Waals surface area contributed by atoms with Crippen LogP contribution in [0.5, 0.6) is 0 Å². The van der Waals surface area contributed by atoms with E-state index in [0.29, 0.717) is 34.0 Å². The lowest BCUT2D eigenvalue weighted by molar-refractivity contribution is 0.262. The van der Waals surface area contributed by atoms with Gasteiger partial charge in [-0.2, -0.15) is 4.98 Å². The van der Waals surface area contributed by atoms with Crippen molar-refractivity contribution in [2.75, 3.05) is 10.6 Å².